The monoisotopic (exact) mass is 226 g/mol. The first-order valence-electron chi connectivity index (χ1n) is 4.69. The Balaban J connectivity index is 2.52. The van der Waals surface area contributed by atoms with Crippen LogP contribution in [0.5, 0.6) is 0 Å². The summed E-state index contributed by atoms with van der Waals surface area (Å²) >= 11 is 0. The van der Waals surface area contributed by atoms with Gasteiger partial charge in [-0.2, -0.15) is 0 Å². The van der Waals surface area contributed by atoms with E-state index in [2.05, 4.69) is 4.74 Å². The average molecular weight is 226 g/mol. The van der Waals surface area contributed by atoms with E-state index in [9.17, 15) is 18.4 Å². The molecule has 0 radical (unpaired) electrons. The normalized spacial score (nSPS) is 20.1. The quantitative estimate of drug-likeness (QED) is 0.542. The molecule has 1 aromatic rings. The van der Waals surface area contributed by atoms with Crippen LogP contribution in [0.1, 0.15) is 23.5 Å². The van der Waals surface area contributed by atoms with E-state index in [1.165, 1.54) is 13.0 Å². The van der Waals surface area contributed by atoms with Gasteiger partial charge in [0.1, 0.15) is 11.6 Å². The van der Waals surface area contributed by atoms with Gasteiger partial charge in [0.15, 0.2) is 0 Å². The van der Waals surface area contributed by atoms with Crippen LogP contribution in [0.2, 0.25) is 0 Å². The van der Waals surface area contributed by atoms with E-state index in [4.69, 9.17) is 0 Å². The van der Waals surface area contributed by atoms with E-state index in [1.54, 1.807) is 0 Å². The van der Waals surface area contributed by atoms with Crippen LogP contribution in [0.25, 0.3) is 0 Å². The molecule has 1 unspecified atom stereocenters. The molecule has 0 N–H and O–H groups in total. The molecule has 0 aliphatic carbocycles. The van der Waals surface area contributed by atoms with Crippen molar-refractivity contribution in [3.05, 3.63) is 34.9 Å². The zero-order valence-corrected chi connectivity index (χ0v) is 8.42. The third-order valence-corrected chi connectivity index (χ3v) is 2.54. The summed E-state index contributed by atoms with van der Waals surface area (Å²) in [4.78, 5) is 22.1. The number of benzene rings is 1. The van der Waals surface area contributed by atoms with Crippen molar-refractivity contribution in [3.8, 4) is 0 Å². The first kappa shape index (κ1) is 10.7. The lowest BCUT2D eigenvalue weighted by Gasteiger charge is -2.09. The lowest BCUT2D eigenvalue weighted by molar-refractivity contribution is -0.152. The molecule has 1 saturated heterocycles. The summed E-state index contributed by atoms with van der Waals surface area (Å²) < 4.78 is 31.3. The van der Waals surface area contributed by atoms with Gasteiger partial charge in [-0.1, -0.05) is 6.07 Å². The maximum atomic E-state index is 13.7. The Labute approximate surface area is 90.0 Å². The van der Waals surface area contributed by atoms with Crippen LogP contribution >= 0.6 is 0 Å². The highest BCUT2D eigenvalue weighted by Crippen LogP contribution is 2.32. The SMILES string of the molecule is Cc1ccc(F)c(C2CC(=O)OC2=O)c1F. The molecule has 5 heteroatoms. The highest BCUT2D eigenvalue weighted by atomic mass is 19.1. The van der Waals surface area contributed by atoms with Gasteiger partial charge >= 0.3 is 11.9 Å². The largest absolute Gasteiger partial charge is 0.393 e. The van der Waals surface area contributed by atoms with Gasteiger partial charge in [-0.25, -0.2) is 8.78 Å². The van der Waals surface area contributed by atoms with E-state index in [0.29, 0.717) is 0 Å². The van der Waals surface area contributed by atoms with Crippen LogP contribution in [0.4, 0.5) is 8.78 Å². The lowest BCUT2D eigenvalue weighted by Crippen LogP contribution is -2.11. The molecule has 0 aromatic heterocycles. The maximum Gasteiger partial charge on any atom is 0.321 e. The molecule has 1 fully saturated rings. The average Bonchev–Trinajstić information content (AvgIpc) is 2.53. The number of carbonyl (C=O) groups is 2. The van der Waals surface area contributed by atoms with Gasteiger partial charge in [-0.3, -0.25) is 9.59 Å². The summed E-state index contributed by atoms with van der Waals surface area (Å²) in [6.07, 6.45) is -0.309. The minimum atomic E-state index is -1.16. The third kappa shape index (κ3) is 1.58. The number of hydrogen-bond donors (Lipinski definition) is 0. The number of cyclic esters (lactones) is 2. The second-order valence-electron chi connectivity index (χ2n) is 3.64. The van der Waals surface area contributed by atoms with E-state index >= 15 is 0 Å². The number of halogens is 2. The second-order valence-corrected chi connectivity index (χ2v) is 3.64. The maximum absolute atomic E-state index is 13.7. The Morgan fingerprint density at radius 2 is 2.00 bits per heavy atom. The first-order valence-corrected chi connectivity index (χ1v) is 4.69. The number of carbonyl (C=O) groups excluding carboxylic acids is 2. The van der Waals surface area contributed by atoms with Crippen LogP contribution in [-0.4, -0.2) is 11.9 Å². The number of hydrogen-bond acceptors (Lipinski definition) is 3. The fourth-order valence-corrected chi connectivity index (χ4v) is 1.69. The van der Waals surface area contributed by atoms with Gasteiger partial charge < -0.3 is 4.74 Å². The molecule has 1 aromatic carbocycles. The number of esters is 2. The van der Waals surface area contributed by atoms with E-state index in [1.807, 2.05) is 0 Å². The summed E-state index contributed by atoms with van der Waals surface area (Å²) in [6.45, 7) is 1.46. The Morgan fingerprint density at radius 1 is 1.31 bits per heavy atom. The molecular formula is C11H8F2O3. The Hall–Kier alpha value is -1.78. The number of aryl methyl sites for hydroxylation is 1. The smallest absolute Gasteiger partial charge is 0.321 e. The summed E-state index contributed by atoms with van der Waals surface area (Å²) in [6, 6.07) is 2.35. The molecule has 1 aliphatic rings. The number of rotatable bonds is 1. The van der Waals surface area contributed by atoms with Crippen molar-refractivity contribution >= 4 is 11.9 Å². The summed E-state index contributed by atoms with van der Waals surface area (Å²) in [7, 11) is 0. The Bertz CT molecular complexity index is 482. The molecule has 0 saturated carbocycles. The van der Waals surface area contributed by atoms with Crippen molar-refractivity contribution in [2.45, 2.75) is 19.3 Å². The zero-order valence-electron chi connectivity index (χ0n) is 8.42. The van der Waals surface area contributed by atoms with Gasteiger partial charge in [0.05, 0.1) is 12.3 Å². The molecule has 0 spiro atoms. The fraction of sp³-hybridized carbons (Fsp3) is 0.273. The van der Waals surface area contributed by atoms with Crippen LogP contribution in [-0.2, 0) is 14.3 Å². The standard InChI is InChI=1S/C11H8F2O3/c1-5-2-3-7(12)9(10(5)13)6-4-8(14)16-11(6)15/h2-3,6H,4H2,1H3. The van der Waals surface area contributed by atoms with Crippen LogP contribution in [0.15, 0.2) is 12.1 Å². The van der Waals surface area contributed by atoms with E-state index in [-0.39, 0.29) is 17.5 Å². The predicted octanol–water partition coefficient (Wildman–Crippen LogP) is 1.83. The van der Waals surface area contributed by atoms with Crippen molar-refractivity contribution in [1.29, 1.82) is 0 Å². The van der Waals surface area contributed by atoms with Gasteiger partial charge in [0.25, 0.3) is 0 Å². The highest BCUT2D eigenvalue weighted by Gasteiger charge is 2.38. The third-order valence-electron chi connectivity index (χ3n) is 2.54. The van der Waals surface area contributed by atoms with Gasteiger partial charge in [0.2, 0.25) is 0 Å². The summed E-state index contributed by atoms with van der Waals surface area (Å²) in [5.41, 5.74) is -0.153. The van der Waals surface area contributed by atoms with Crippen LogP contribution < -0.4 is 0 Å². The zero-order chi connectivity index (χ0) is 11.9. The molecular weight excluding hydrogens is 218 g/mol. The minimum absolute atomic E-state index is 0.226. The minimum Gasteiger partial charge on any atom is -0.393 e. The van der Waals surface area contributed by atoms with E-state index in [0.717, 1.165) is 6.07 Å². The van der Waals surface area contributed by atoms with Crippen molar-refractivity contribution in [2.75, 3.05) is 0 Å². The predicted molar refractivity (Wildman–Crippen MR) is 49.6 cm³/mol. The van der Waals surface area contributed by atoms with Crippen LogP contribution in [0, 0.1) is 18.6 Å². The van der Waals surface area contributed by atoms with Gasteiger partial charge in [-0.15, -0.1) is 0 Å². The topological polar surface area (TPSA) is 43.4 Å². The summed E-state index contributed by atoms with van der Waals surface area (Å²) in [5, 5.41) is 0. The molecule has 16 heavy (non-hydrogen) atoms. The molecule has 1 aliphatic heterocycles. The van der Waals surface area contributed by atoms with Gasteiger partial charge in [-0.05, 0) is 18.6 Å². The number of ether oxygens (including phenoxy) is 1. The second kappa shape index (κ2) is 3.66. The summed E-state index contributed by atoms with van der Waals surface area (Å²) in [5.74, 6) is -4.44. The molecule has 0 bridgehead atoms. The fourth-order valence-electron chi connectivity index (χ4n) is 1.69. The Kier molecular flexibility index (Phi) is 2.46. The molecule has 3 nitrogen and oxygen atoms in total. The molecule has 1 heterocycles. The highest BCUT2D eigenvalue weighted by molar-refractivity contribution is 5.97. The van der Waals surface area contributed by atoms with E-state index < -0.39 is 29.5 Å². The van der Waals surface area contributed by atoms with Crippen molar-refractivity contribution in [2.24, 2.45) is 0 Å². The van der Waals surface area contributed by atoms with Gasteiger partial charge in [0, 0.05) is 5.56 Å². The molecule has 0 amide bonds. The lowest BCUT2D eigenvalue weighted by atomic mass is 9.95. The molecule has 1 atom stereocenters. The molecule has 2 rings (SSSR count). The Morgan fingerprint density at radius 3 is 2.56 bits per heavy atom. The van der Waals surface area contributed by atoms with Crippen LogP contribution in [0.3, 0.4) is 0 Å². The molecule has 84 valence electrons. The first-order chi connectivity index (χ1) is 7.50. The van der Waals surface area contributed by atoms with Crippen molar-refractivity contribution in [1.82, 2.24) is 0 Å². The van der Waals surface area contributed by atoms with Crippen molar-refractivity contribution < 1.29 is 23.1 Å². The van der Waals surface area contributed by atoms with Crippen molar-refractivity contribution in [3.63, 3.8) is 0 Å².